The number of benzene rings is 2. The highest BCUT2D eigenvalue weighted by Gasteiger charge is 2.06. The molecule has 0 heterocycles. The monoisotopic (exact) mass is 329 g/mol. The Morgan fingerprint density at radius 3 is 2.72 bits per heavy atom. The maximum absolute atomic E-state index is 13.0. The highest BCUT2D eigenvalue weighted by atomic mass is 79.9. The van der Waals surface area contributed by atoms with Gasteiger partial charge in [-0.15, -0.1) is 0 Å². The van der Waals surface area contributed by atoms with E-state index in [1.165, 1.54) is 18.2 Å². The molecule has 2 rings (SSSR count). The summed E-state index contributed by atoms with van der Waals surface area (Å²) in [6, 6.07) is 9.74. The lowest BCUT2D eigenvalue weighted by molar-refractivity contribution is 0.305. The van der Waals surface area contributed by atoms with E-state index in [1.54, 1.807) is 6.07 Å². The first-order valence-electron chi connectivity index (χ1n) is 5.18. The minimum atomic E-state index is -0.468. The van der Waals surface area contributed by atoms with Gasteiger partial charge in [0, 0.05) is 21.8 Å². The fraction of sp³-hybridized carbons (Fsp3) is 0.0769. The van der Waals surface area contributed by atoms with Crippen molar-refractivity contribution in [2.75, 3.05) is 5.73 Å². The number of halogens is 3. The molecule has 2 nitrogen and oxygen atoms in total. The third kappa shape index (κ3) is 2.94. The maximum Gasteiger partial charge on any atom is 0.142 e. The topological polar surface area (TPSA) is 35.2 Å². The minimum absolute atomic E-state index is 0.0348. The van der Waals surface area contributed by atoms with E-state index in [0.717, 1.165) is 10.0 Å². The van der Waals surface area contributed by atoms with Gasteiger partial charge in [-0.1, -0.05) is 33.6 Å². The highest BCUT2D eigenvalue weighted by molar-refractivity contribution is 9.10. The van der Waals surface area contributed by atoms with Crippen molar-refractivity contribution in [3.05, 3.63) is 57.3 Å². The van der Waals surface area contributed by atoms with E-state index in [2.05, 4.69) is 15.9 Å². The van der Waals surface area contributed by atoms with Gasteiger partial charge in [-0.2, -0.15) is 0 Å². The Labute approximate surface area is 118 Å². The zero-order valence-electron chi connectivity index (χ0n) is 9.29. The Kier molecular flexibility index (Phi) is 4.09. The van der Waals surface area contributed by atoms with E-state index in [0.29, 0.717) is 11.4 Å². The standard InChI is InChI=1S/C13H10BrClFNO/c14-10-2-1-3-13(17)9(10)7-18-8-4-5-12(16)11(15)6-8/h1-6H,7,17H2. The molecule has 0 bridgehead atoms. The Morgan fingerprint density at radius 2 is 2.06 bits per heavy atom. The molecule has 0 radical (unpaired) electrons. The lowest BCUT2D eigenvalue weighted by atomic mass is 10.2. The second kappa shape index (κ2) is 5.59. The predicted octanol–water partition coefficient (Wildman–Crippen LogP) is 4.40. The SMILES string of the molecule is Nc1cccc(Br)c1COc1ccc(F)c(Cl)c1. The van der Waals surface area contributed by atoms with Crippen molar-refractivity contribution >= 4 is 33.2 Å². The molecule has 0 saturated heterocycles. The summed E-state index contributed by atoms with van der Waals surface area (Å²) < 4.78 is 19.4. The molecular weight excluding hydrogens is 321 g/mol. The van der Waals surface area contributed by atoms with Gasteiger partial charge in [-0.3, -0.25) is 0 Å². The fourth-order valence-corrected chi connectivity index (χ4v) is 2.12. The van der Waals surface area contributed by atoms with E-state index in [9.17, 15) is 4.39 Å². The molecule has 2 N–H and O–H groups in total. The molecule has 0 aliphatic heterocycles. The number of hydrogen-bond acceptors (Lipinski definition) is 2. The van der Waals surface area contributed by atoms with Crippen LogP contribution < -0.4 is 10.5 Å². The Balaban J connectivity index is 2.14. The van der Waals surface area contributed by atoms with Crippen LogP contribution in [0.15, 0.2) is 40.9 Å². The van der Waals surface area contributed by atoms with E-state index in [4.69, 9.17) is 22.1 Å². The van der Waals surface area contributed by atoms with Crippen LogP contribution in [0.2, 0.25) is 5.02 Å². The van der Waals surface area contributed by atoms with Crippen molar-refractivity contribution in [2.24, 2.45) is 0 Å². The molecule has 0 amide bonds. The number of nitrogen functional groups attached to an aromatic ring is 1. The van der Waals surface area contributed by atoms with E-state index < -0.39 is 5.82 Å². The van der Waals surface area contributed by atoms with Gasteiger partial charge < -0.3 is 10.5 Å². The second-order valence-corrected chi connectivity index (χ2v) is 4.93. The van der Waals surface area contributed by atoms with Crippen molar-refractivity contribution in [1.29, 1.82) is 0 Å². The number of anilines is 1. The molecule has 0 saturated carbocycles. The summed E-state index contributed by atoms with van der Waals surface area (Å²) in [6.45, 7) is 0.287. The molecular formula is C13H10BrClFNO. The van der Waals surface area contributed by atoms with Crippen LogP contribution in [0.25, 0.3) is 0 Å². The molecule has 0 aliphatic rings. The number of nitrogens with two attached hydrogens (primary N) is 1. The third-order valence-electron chi connectivity index (χ3n) is 2.43. The van der Waals surface area contributed by atoms with Gasteiger partial charge in [-0.25, -0.2) is 4.39 Å². The quantitative estimate of drug-likeness (QED) is 0.846. The molecule has 0 aliphatic carbocycles. The van der Waals surface area contributed by atoms with Crippen LogP contribution in [-0.2, 0) is 6.61 Å². The summed E-state index contributed by atoms with van der Waals surface area (Å²) in [4.78, 5) is 0. The van der Waals surface area contributed by atoms with Crippen LogP contribution in [0, 0.1) is 5.82 Å². The predicted molar refractivity (Wildman–Crippen MR) is 74.3 cm³/mol. The molecule has 0 spiro atoms. The molecule has 18 heavy (non-hydrogen) atoms. The van der Waals surface area contributed by atoms with E-state index in [1.807, 2.05) is 12.1 Å². The molecule has 0 atom stereocenters. The molecule has 2 aromatic carbocycles. The van der Waals surface area contributed by atoms with Crippen LogP contribution >= 0.6 is 27.5 Å². The molecule has 5 heteroatoms. The summed E-state index contributed by atoms with van der Waals surface area (Å²) in [6.07, 6.45) is 0. The first kappa shape index (κ1) is 13.2. The van der Waals surface area contributed by atoms with Crippen LogP contribution in [0.1, 0.15) is 5.56 Å². The van der Waals surface area contributed by atoms with Crippen LogP contribution in [0.4, 0.5) is 10.1 Å². The zero-order chi connectivity index (χ0) is 13.1. The smallest absolute Gasteiger partial charge is 0.142 e. The van der Waals surface area contributed by atoms with Gasteiger partial charge in [0.1, 0.15) is 18.2 Å². The molecule has 0 aromatic heterocycles. The summed E-state index contributed by atoms with van der Waals surface area (Å²) in [5.74, 6) is 0.0287. The first-order chi connectivity index (χ1) is 8.58. The minimum Gasteiger partial charge on any atom is -0.489 e. The average Bonchev–Trinajstić information content (AvgIpc) is 2.33. The number of hydrogen-bond donors (Lipinski definition) is 1. The fourth-order valence-electron chi connectivity index (χ4n) is 1.45. The molecule has 2 aromatic rings. The van der Waals surface area contributed by atoms with Crippen molar-refractivity contribution in [2.45, 2.75) is 6.61 Å². The molecule has 0 unspecified atom stereocenters. The Hall–Kier alpha value is -1.26. The lowest BCUT2D eigenvalue weighted by Crippen LogP contribution is -2.01. The van der Waals surface area contributed by atoms with Crippen molar-refractivity contribution in [3.8, 4) is 5.75 Å². The van der Waals surface area contributed by atoms with Gasteiger partial charge in [0.25, 0.3) is 0 Å². The van der Waals surface area contributed by atoms with Crippen LogP contribution in [0.5, 0.6) is 5.75 Å². The maximum atomic E-state index is 13.0. The second-order valence-electron chi connectivity index (χ2n) is 3.67. The third-order valence-corrected chi connectivity index (χ3v) is 3.46. The highest BCUT2D eigenvalue weighted by Crippen LogP contribution is 2.26. The Bertz CT molecular complexity index is 557. The van der Waals surface area contributed by atoms with Crippen molar-refractivity contribution < 1.29 is 9.13 Å². The Morgan fingerprint density at radius 1 is 1.28 bits per heavy atom. The average molecular weight is 331 g/mol. The van der Waals surface area contributed by atoms with Gasteiger partial charge in [0.05, 0.1) is 5.02 Å². The van der Waals surface area contributed by atoms with Crippen LogP contribution in [0.3, 0.4) is 0 Å². The molecule has 94 valence electrons. The van der Waals surface area contributed by atoms with E-state index >= 15 is 0 Å². The van der Waals surface area contributed by atoms with Gasteiger partial charge >= 0.3 is 0 Å². The van der Waals surface area contributed by atoms with Crippen LogP contribution in [-0.4, -0.2) is 0 Å². The van der Waals surface area contributed by atoms with E-state index in [-0.39, 0.29) is 11.6 Å². The number of rotatable bonds is 3. The molecule has 0 fully saturated rings. The van der Waals surface area contributed by atoms with Crippen molar-refractivity contribution in [1.82, 2.24) is 0 Å². The first-order valence-corrected chi connectivity index (χ1v) is 6.35. The number of ether oxygens (including phenoxy) is 1. The lowest BCUT2D eigenvalue weighted by Gasteiger charge is -2.10. The van der Waals surface area contributed by atoms with Gasteiger partial charge in [0.15, 0.2) is 0 Å². The van der Waals surface area contributed by atoms with Crippen molar-refractivity contribution in [3.63, 3.8) is 0 Å². The largest absolute Gasteiger partial charge is 0.489 e. The van der Waals surface area contributed by atoms with Gasteiger partial charge in [-0.05, 0) is 24.3 Å². The summed E-state index contributed by atoms with van der Waals surface area (Å²) in [5, 5.41) is 0.0348. The normalized spacial score (nSPS) is 10.4. The zero-order valence-corrected chi connectivity index (χ0v) is 11.6. The summed E-state index contributed by atoms with van der Waals surface area (Å²) in [5.41, 5.74) is 7.33. The van der Waals surface area contributed by atoms with Gasteiger partial charge in [0.2, 0.25) is 0 Å². The summed E-state index contributed by atoms with van der Waals surface area (Å²) >= 11 is 9.07. The summed E-state index contributed by atoms with van der Waals surface area (Å²) in [7, 11) is 0.